The van der Waals surface area contributed by atoms with Gasteiger partial charge in [0.25, 0.3) is 0 Å². The lowest BCUT2D eigenvalue weighted by atomic mass is 10.1. The average Bonchev–Trinajstić information content (AvgIpc) is 3.18. The molecule has 1 N–H and O–H groups in total. The minimum atomic E-state index is -0.260. The third-order valence-electron chi connectivity index (χ3n) is 4.08. The number of nitrogens with one attached hydrogen (secondary N) is 1. The molecule has 1 heterocycles. The van der Waals surface area contributed by atoms with Gasteiger partial charge in [-0.3, -0.25) is 10.1 Å². The van der Waals surface area contributed by atoms with Gasteiger partial charge in [0.15, 0.2) is 0 Å². The fourth-order valence-electron chi connectivity index (χ4n) is 2.79. The van der Waals surface area contributed by atoms with Gasteiger partial charge < -0.3 is 4.90 Å². The molecule has 1 spiro atoms. The maximum Gasteiger partial charge on any atom is 0.244 e. The summed E-state index contributed by atoms with van der Waals surface area (Å²) in [6.07, 6.45) is 5.08. The van der Waals surface area contributed by atoms with E-state index in [2.05, 4.69) is 11.6 Å². The summed E-state index contributed by atoms with van der Waals surface area (Å²) in [4.78, 5) is 14.6. The molecule has 1 saturated carbocycles. The van der Waals surface area contributed by atoms with E-state index < -0.39 is 0 Å². The number of halogens is 1. The Balaban J connectivity index is 1.79. The fourth-order valence-corrected chi connectivity index (χ4v) is 3.34. The van der Waals surface area contributed by atoms with E-state index in [0.29, 0.717) is 0 Å². The summed E-state index contributed by atoms with van der Waals surface area (Å²) in [5.74, 6) is 1.36. The fraction of sp³-hybridized carbons (Fsp3) is 0.533. The second-order valence-electron chi connectivity index (χ2n) is 5.53. The van der Waals surface area contributed by atoms with Crippen LogP contribution in [0.15, 0.2) is 24.3 Å². The smallest absolute Gasteiger partial charge is 0.244 e. The molecule has 2 fully saturated rings. The van der Waals surface area contributed by atoms with Gasteiger partial charge in [0.2, 0.25) is 5.91 Å². The number of hydrogen-bond acceptors (Lipinski definition) is 3. The predicted molar refractivity (Wildman–Crippen MR) is 84.0 cm³/mol. The van der Waals surface area contributed by atoms with Crippen molar-refractivity contribution in [1.82, 2.24) is 10.2 Å². The SMILES string of the molecule is CSCCCN1C(=O)C2(CC2)NC1c1ccc(Cl)cc1. The van der Waals surface area contributed by atoms with Gasteiger partial charge >= 0.3 is 0 Å². The number of rotatable bonds is 5. The van der Waals surface area contributed by atoms with Gasteiger partial charge in [-0.15, -0.1) is 0 Å². The number of carbonyl (C=O) groups is 1. The third-order valence-corrected chi connectivity index (χ3v) is 5.03. The molecule has 1 amide bonds. The zero-order valence-electron chi connectivity index (χ0n) is 11.6. The molecular formula is C15H19ClN2OS. The van der Waals surface area contributed by atoms with E-state index in [9.17, 15) is 4.79 Å². The van der Waals surface area contributed by atoms with Crippen LogP contribution in [0.1, 0.15) is 31.0 Å². The molecule has 108 valence electrons. The first kappa shape index (κ1) is 14.2. The lowest BCUT2D eigenvalue weighted by Crippen LogP contribution is -2.33. The van der Waals surface area contributed by atoms with Crippen molar-refractivity contribution >= 4 is 29.3 Å². The van der Waals surface area contributed by atoms with Crippen LogP contribution < -0.4 is 5.32 Å². The van der Waals surface area contributed by atoms with Crippen molar-refractivity contribution in [2.75, 3.05) is 18.6 Å². The molecule has 1 atom stereocenters. The van der Waals surface area contributed by atoms with Crippen LogP contribution in [-0.2, 0) is 4.79 Å². The van der Waals surface area contributed by atoms with Crippen LogP contribution in [0.25, 0.3) is 0 Å². The maximum absolute atomic E-state index is 12.6. The summed E-state index contributed by atoms with van der Waals surface area (Å²) >= 11 is 7.78. The summed E-state index contributed by atoms with van der Waals surface area (Å²) in [6, 6.07) is 7.80. The quantitative estimate of drug-likeness (QED) is 0.848. The minimum absolute atomic E-state index is 0.00382. The largest absolute Gasteiger partial charge is 0.321 e. The summed E-state index contributed by atoms with van der Waals surface area (Å²) in [6.45, 7) is 0.821. The van der Waals surface area contributed by atoms with E-state index in [4.69, 9.17) is 11.6 Å². The lowest BCUT2D eigenvalue weighted by molar-refractivity contribution is -0.130. The van der Waals surface area contributed by atoms with Crippen molar-refractivity contribution in [3.8, 4) is 0 Å². The zero-order valence-corrected chi connectivity index (χ0v) is 13.1. The molecule has 1 aromatic rings. The van der Waals surface area contributed by atoms with Gasteiger partial charge in [-0.25, -0.2) is 0 Å². The number of amides is 1. The highest BCUT2D eigenvalue weighted by molar-refractivity contribution is 7.98. The van der Waals surface area contributed by atoms with Crippen LogP contribution >= 0.6 is 23.4 Å². The van der Waals surface area contributed by atoms with Crippen molar-refractivity contribution in [3.05, 3.63) is 34.9 Å². The van der Waals surface area contributed by atoms with Crippen LogP contribution in [0.5, 0.6) is 0 Å². The van der Waals surface area contributed by atoms with Gasteiger partial charge in [0.1, 0.15) is 11.7 Å². The monoisotopic (exact) mass is 310 g/mol. The first-order valence-electron chi connectivity index (χ1n) is 6.99. The minimum Gasteiger partial charge on any atom is -0.321 e. The summed E-state index contributed by atoms with van der Waals surface area (Å²) < 4.78 is 0. The van der Waals surface area contributed by atoms with Crippen LogP contribution in [0.2, 0.25) is 5.02 Å². The standard InChI is InChI=1S/C15H19ClN2OS/c1-20-10-2-9-18-13(11-3-5-12(16)6-4-11)17-15(7-8-15)14(18)19/h3-6,13,17H,2,7-10H2,1H3. The Morgan fingerprint density at radius 2 is 2.10 bits per heavy atom. The average molecular weight is 311 g/mol. The van der Waals surface area contributed by atoms with Crippen LogP contribution in [0.4, 0.5) is 0 Å². The number of hydrogen-bond donors (Lipinski definition) is 1. The molecule has 1 aliphatic heterocycles. The van der Waals surface area contributed by atoms with Crippen molar-refractivity contribution in [1.29, 1.82) is 0 Å². The Bertz CT molecular complexity index is 501. The van der Waals surface area contributed by atoms with Gasteiger partial charge in [-0.05, 0) is 49.0 Å². The van der Waals surface area contributed by atoms with Crippen LogP contribution in [0.3, 0.4) is 0 Å². The van der Waals surface area contributed by atoms with Crippen LogP contribution in [-0.4, -0.2) is 34.9 Å². The molecule has 1 saturated heterocycles. The van der Waals surface area contributed by atoms with Crippen molar-refractivity contribution in [3.63, 3.8) is 0 Å². The van der Waals surface area contributed by atoms with Crippen molar-refractivity contribution in [2.45, 2.75) is 31.0 Å². The van der Waals surface area contributed by atoms with E-state index in [-0.39, 0.29) is 17.6 Å². The molecule has 20 heavy (non-hydrogen) atoms. The molecule has 5 heteroatoms. The lowest BCUT2D eigenvalue weighted by Gasteiger charge is -2.24. The molecule has 0 bridgehead atoms. The van der Waals surface area contributed by atoms with E-state index in [1.807, 2.05) is 40.9 Å². The summed E-state index contributed by atoms with van der Waals surface area (Å²) in [7, 11) is 0. The van der Waals surface area contributed by atoms with E-state index >= 15 is 0 Å². The molecular weight excluding hydrogens is 292 g/mol. The topological polar surface area (TPSA) is 32.3 Å². The first-order valence-corrected chi connectivity index (χ1v) is 8.77. The highest BCUT2D eigenvalue weighted by Crippen LogP contribution is 2.46. The summed E-state index contributed by atoms with van der Waals surface area (Å²) in [5, 5.41) is 4.26. The Kier molecular flexibility index (Phi) is 3.98. The van der Waals surface area contributed by atoms with E-state index in [1.165, 1.54) is 0 Å². The Hall–Kier alpha value is -0.710. The number of benzene rings is 1. The predicted octanol–water partition coefficient (Wildman–Crippen LogP) is 3.06. The van der Waals surface area contributed by atoms with E-state index in [1.54, 1.807) is 0 Å². The molecule has 0 radical (unpaired) electrons. The Morgan fingerprint density at radius 1 is 1.40 bits per heavy atom. The normalized spacial score (nSPS) is 23.6. The van der Waals surface area contributed by atoms with E-state index in [0.717, 1.165) is 42.1 Å². The van der Waals surface area contributed by atoms with Crippen molar-refractivity contribution < 1.29 is 4.79 Å². The number of nitrogens with zero attached hydrogens (tertiary/aromatic N) is 1. The zero-order chi connectivity index (χ0) is 14.2. The highest BCUT2D eigenvalue weighted by Gasteiger charge is 2.59. The maximum atomic E-state index is 12.6. The molecule has 3 rings (SSSR count). The van der Waals surface area contributed by atoms with Gasteiger partial charge in [0.05, 0.1) is 0 Å². The first-order chi connectivity index (χ1) is 9.66. The number of carbonyl (C=O) groups excluding carboxylic acids is 1. The number of thioether (sulfide) groups is 1. The Labute approximate surface area is 129 Å². The summed E-state index contributed by atoms with van der Waals surface area (Å²) in [5.41, 5.74) is 0.861. The second-order valence-corrected chi connectivity index (χ2v) is 6.95. The second kappa shape index (κ2) is 5.58. The van der Waals surface area contributed by atoms with Gasteiger partial charge in [-0.2, -0.15) is 11.8 Å². The molecule has 3 nitrogen and oxygen atoms in total. The molecule has 0 aromatic heterocycles. The van der Waals surface area contributed by atoms with Crippen LogP contribution in [0, 0.1) is 0 Å². The molecule has 2 aliphatic rings. The Morgan fingerprint density at radius 3 is 2.70 bits per heavy atom. The van der Waals surface area contributed by atoms with Gasteiger partial charge in [0, 0.05) is 11.6 Å². The molecule has 1 aromatic carbocycles. The highest BCUT2D eigenvalue weighted by atomic mass is 35.5. The third kappa shape index (κ3) is 2.57. The van der Waals surface area contributed by atoms with Gasteiger partial charge in [-0.1, -0.05) is 23.7 Å². The molecule has 1 unspecified atom stereocenters. The molecule has 1 aliphatic carbocycles. The van der Waals surface area contributed by atoms with Crippen molar-refractivity contribution in [2.24, 2.45) is 0 Å².